The molecule has 0 amide bonds. The number of aromatic nitrogens is 1. The molecule has 0 saturated carbocycles. The number of ether oxygens (including phenoxy) is 1. The highest BCUT2D eigenvalue weighted by Crippen LogP contribution is 2.36. The molecule has 1 atom stereocenters. The highest BCUT2D eigenvalue weighted by atomic mass is 35.5. The summed E-state index contributed by atoms with van der Waals surface area (Å²) in [6, 6.07) is 9.68. The van der Waals surface area contributed by atoms with Crippen molar-refractivity contribution < 1.29 is 23.1 Å². The number of pyridine rings is 1. The molecule has 2 aromatic carbocycles. The average molecular weight is 492 g/mol. The quantitative estimate of drug-likeness (QED) is 0.529. The minimum atomic E-state index is -4.42. The molecular weight excluding hydrogens is 471 g/mol. The van der Waals surface area contributed by atoms with Crippen LogP contribution in [0.1, 0.15) is 34.7 Å². The van der Waals surface area contributed by atoms with Crippen LogP contribution in [-0.4, -0.2) is 47.0 Å². The Hall–Kier alpha value is -3.04. The van der Waals surface area contributed by atoms with Gasteiger partial charge in [-0.1, -0.05) is 23.7 Å². The second-order valence-corrected chi connectivity index (χ2v) is 8.90. The molecule has 1 aromatic heterocycles. The van der Waals surface area contributed by atoms with Gasteiger partial charge in [-0.2, -0.15) is 23.0 Å². The van der Waals surface area contributed by atoms with Gasteiger partial charge in [0.15, 0.2) is 5.43 Å². The van der Waals surface area contributed by atoms with E-state index in [4.69, 9.17) is 21.4 Å². The summed E-state index contributed by atoms with van der Waals surface area (Å²) in [4.78, 5) is 13.5. The van der Waals surface area contributed by atoms with Crippen molar-refractivity contribution in [1.29, 1.82) is 0 Å². The third kappa shape index (κ3) is 4.14. The number of hydrogen-bond acceptors (Lipinski definition) is 5. The summed E-state index contributed by atoms with van der Waals surface area (Å²) in [6.45, 7) is 2.11. The molecule has 6 nitrogen and oxygen atoms in total. The van der Waals surface area contributed by atoms with Crippen molar-refractivity contribution in [3.05, 3.63) is 80.1 Å². The fourth-order valence-corrected chi connectivity index (χ4v) is 4.79. The zero-order chi connectivity index (χ0) is 24.0. The van der Waals surface area contributed by atoms with Crippen LogP contribution in [0.3, 0.4) is 0 Å². The van der Waals surface area contributed by atoms with Gasteiger partial charge in [-0.25, -0.2) is 0 Å². The molecule has 3 aromatic rings. The third-order valence-corrected chi connectivity index (χ3v) is 6.56. The Morgan fingerprint density at radius 2 is 1.76 bits per heavy atom. The minimum absolute atomic E-state index is 0.267. The molecular formula is C24H21ClF3N3O3. The number of halogens is 4. The van der Waals surface area contributed by atoms with Crippen molar-refractivity contribution in [2.24, 2.45) is 5.10 Å². The number of hydrazone groups is 1. The molecule has 2 aliphatic rings. The first-order valence-corrected chi connectivity index (χ1v) is 11.2. The second-order valence-electron chi connectivity index (χ2n) is 8.46. The summed E-state index contributed by atoms with van der Waals surface area (Å²) >= 11 is 6.10. The van der Waals surface area contributed by atoms with Gasteiger partial charge >= 0.3 is 6.18 Å². The molecule has 1 fully saturated rings. The molecule has 178 valence electrons. The van der Waals surface area contributed by atoms with Crippen LogP contribution >= 0.6 is 11.6 Å². The van der Waals surface area contributed by atoms with Gasteiger partial charge in [-0.15, -0.1) is 0 Å². The van der Waals surface area contributed by atoms with Gasteiger partial charge < -0.3 is 9.94 Å². The minimum Gasteiger partial charge on any atom is -0.428 e. The number of nitrogens with zero attached hydrogens (tertiary/aromatic N) is 3. The summed E-state index contributed by atoms with van der Waals surface area (Å²) in [5.41, 5.74) is 1.16. The molecule has 1 saturated heterocycles. The average Bonchev–Trinajstić information content (AvgIpc) is 2.82. The molecule has 2 heterocycles. The van der Waals surface area contributed by atoms with Gasteiger partial charge in [-0.3, -0.25) is 9.80 Å². The van der Waals surface area contributed by atoms with Crippen molar-refractivity contribution in [1.82, 2.24) is 9.74 Å². The molecule has 10 heteroatoms. The SMILES string of the molecule is O=c1c2c(n(O)c3ccc(Cl)cc13)CC(c1ccc(C(F)(F)F)cc1)C/C2=N\N1CCOCC1. The number of hydrogen-bond donors (Lipinski definition) is 1. The Balaban J connectivity index is 1.65. The van der Waals surface area contributed by atoms with E-state index in [1.165, 1.54) is 18.2 Å². The van der Waals surface area contributed by atoms with Crippen LogP contribution in [0.2, 0.25) is 5.02 Å². The number of benzene rings is 2. The van der Waals surface area contributed by atoms with E-state index in [0.717, 1.165) is 16.9 Å². The summed E-state index contributed by atoms with van der Waals surface area (Å²) in [5, 5.41) is 18.2. The van der Waals surface area contributed by atoms with Crippen molar-refractivity contribution >= 4 is 28.2 Å². The summed E-state index contributed by atoms with van der Waals surface area (Å²) in [7, 11) is 0. The third-order valence-electron chi connectivity index (χ3n) is 6.33. The Labute approximate surface area is 197 Å². The molecule has 1 aliphatic carbocycles. The molecule has 0 bridgehead atoms. The molecule has 0 radical (unpaired) electrons. The van der Waals surface area contributed by atoms with Gasteiger partial charge in [0, 0.05) is 5.02 Å². The van der Waals surface area contributed by atoms with Crippen LogP contribution in [0.25, 0.3) is 10.9 Å². The summed E-state index contributed by atoms with van der Waals surface area (Å²) in [6.07, 6.45) is -3.81. The molecule has 1 N–H and O–H groups in total. The van der Waals surface area contributed by atoms with Gasteiger partial charge in [0.05, 0.1) is 59.7 Å². The van der Waals surface area contributed by atoms with Crippen LogP contribution < -0.4 is 5.43 Å². The maximum Gasteiger partial charge on any atom is 0.416 e. The lowest BCUT2D eigenvalue weighted by atomic mass is 9.80. The van der Waals surface area contributed by atoms with E-state index in [0.29, 0.717) is 65.8 Å². The number of fused-ring (bicyclic) bond motifs is 2. The van der Waals surface area contributed by atoms with Crippen molar-refractivity contribution in [2.75, 3.05) is 26.3 Å². The first kappa shape index (κ1) is 22.7. The number of rotatable bonds is 2. The van der Waals surface area contributed by atoms with Crippen LogP contribution in [0.15, 0.2) is 52.4 Å². The highest BCUT2D eigenvalue weighted by molar-refractivity contribution is 6.31. The lowest BCUT2D eigenvalue weighted by Crippen LogP contribution is -2.36. The fourth-order valence-electron chi connectivity index (χ4n) is 4.61. The normalized spacial score (nSPS) is 20.1. The van der Waals surface area contributed by atoms with E-state index in [2.05, 4.69) is 0 Å². The maximum atomic E-state index is 13.5. The summed E-state index contributed by atoms with van der Waals surface area (Å²) in [5.74, 6) is -0.267. The Morgan fingerprint density at radius 3 is 2.44 bits per heavy atom. The zero-order valence-electron chi connectivity index (χ0n) is 18.0. The Kier molecular flexibility index (Phi) is 5.77. The van der Waals surface area contributed by atoms with Crippen LogP contribution in [0.4, 0.5) is 13.2 Å². The molecule has 5 rings (SSSR count). The second kappa shape index (κ2) is 8.63. The summed E-state index contributed by atoms with van der Waals surface area (Å²) < 4.78 is 45.5. The lowest BCUT2D eigenvalue weighted by Gasteiger charge is -2.30. The first-order valence-electron chi connectivity index (χ1n) is 10.9. The van der Waals surface area contributed by atoms with Crippen LogP contribution in [0, 0.1) is 0 Å². The van der Waals surface area contributed by atoms with Gasteiger partial charge in [0.1, 0.15) is 0 Å². The van der Waals surface area contributed by atoms with Crippen molar-refractivity contribution in [2.45, 2.75) is 24.9 Å². The Morgan fingerprint density at radius 1 is 1.06 bits per heavy atom. The maximum absolute atomic E-state index is 13.5. The van der Waals surface area contributed by atoms with Crippen LogP contribution in [0.5, 0.6) is 0 Å². The zero-order valence-corrected chi connectivity index (χ0v) is 18.7. The standard InChI is InChI=1S/C24H21ClF3N3O3/c25-17-5-6-20-18(13-17)23(32)22-19(29-30-7-9-34-10-8-30)11-15(12-21(22)31(20)33)14-1-3-16(4-2-14)24(26,27)28/h1-6,13,15,33H,7-12H2/b29-19+. The van der Waals surface area contributed by atoms with E-state index in [1.54, 1.807) is 12.1 Å². The first-order chi connectivity index (χ1) is 16.2. The predicted molar refractivity (Wildman–Crippen MR) is 122 cm³/mol. The largest absolute Gasteiger partial charge is 0.428 e. The molecule has 0 spiro atoms. The predicted octanol–water partition coefficient (Wildman–Crippen LogP) is 4.68. The van der Waals surface area contributed by atoms with E-state index in [1.807, 2.05) is 5.01 Å². The van der Waals surface area contributed by atoms with E-state index >= 15 is 0 Å². The number of alkyl halides is 3. The molecule has 1 unspecified atom stereocenters. The van der Waals surface area contributed by atoms with Gasteiger partial charge in [-0.05, 0) is 54.7 Å². The molecule has 1 aliphatic heterocycles. The van der Waals surface area contributed by atoms with Gasteiger partial charge in [0.25, 0.3) is 0 Å². The number of morpholine rings is 1. The monoisotopic (exact) mass is 491 g/mol. The molecule has 34 heavy (non-hydrogen) atoms. The lowest BCUT2D eigenvalue weighted by molar-refractivity contribution is -0.137. The van der Waals surface area contributed by atoms with Crippen LogP contribution in [-0.2, 0) is 17.3 Å². The highest BCUT2D eigenvalue weighted by Gasteiger charge is 2.33. The van der Waals surface area contributed by atoms with E-state index in [-0.39, 0.29) is 23.2 Å². The van der Waals surface area contributed by atoms with Crippen molar-refractivity contribution in [3.8, 4) is 0 Å². The smallest absolute Gasteiger partial charge is 0.416 e. The van der Waals surface area contributed by atoms with E-state index < -0.39 is 11.7 Å². The topological polar surface area (TPSA) is 67.1 Å². The van der Waals surface area contributed by atoms with Gasteiger partial charge in [0.2, 0.25) is 0 Å². The van der Waals surface area contributed by atoms with Crippen molar-refractivity contribution in [3.63, 3.8) is 0 Å². The fraction of sp³-hybridized carbons (Fsp3) is 0.333. The Bertz CT molecular complexity index is 1330. The van der Waals surface area contributed by atoms with E-state index in [9.17, 15) is 23.2 Å².